The summed E-state index contributed by atoms with van der Waals surface area (Å²) in [6.45, 7) is 1.39. The van der Waals surface area contributed by atoms with Gasteiger partial charge in [0.05, 0.1) is 37.7 Å². The number of para-hydroxylation sites is 1. The van der Waals surface area contributed by atoms with Crippen LogP contribution in [0.2, 0.25) is 0 Å². The summed E-state index contributed by atoms with van der Waals surface area (Å²) < 4.78 is 47.5. The number of hydrogen-bond donors (Lipinski definition) is 1. The van der Waals surface area contributed by atoms with E-state index >= 15 is 0 Å². The summed E-state index contributed by atoms with van der Waals surface area (Å²) in [7, 11) is 0.825. The van der Waals surface area contributed by atoms with Crippen LogP contribution in [0.15, 0.2) is 64.1 Å². The highest BCUT2D eigenvalue weighted by Crippen LogP contribution is 2.34. The Morgan fingerprint density at radius 3 is 2.62 bits per heavy atom. The fraction of sp³-hybridized carbons (Fsp3) is 0.333. The van der Waals surface area contributed by atoms with Gasteiger partial charge in [0, 0.05) is 37.3 Å². The van der Waals surface area contributed by atoms with Gasteiger partial charge in [-0.2, -0.15) is 13.9 Å². The Kier molecular flexibility index (Phi) is 7.96. The maximum atomic E-state index is 13.6. The molecule has 0 bridgehead atoms. The number of anilines is 1. The number of fused-ring (bicyclic) bond motifs is 1. The first-order valence-electron chi connectivity index (χ1n) is 12.5. The van der Waals surface area contributed by atoms with Crippen LogP contribution in [0.1, 0.15) is 12.8 Å². The fourth-order valence-corrected chi connectivity index (χ4v) is 6.92. The molecule has 1 unspecified atom stereocenters. The minimum atomic E-state index is -3.78. The predicted octanol–water partition coefficient (Wildman–Crippen LogP) is 4.70. The summed E-state index contributed by atoms with van der Waals surface area (Å²) in [4.78, 5) is 4.91. The van der Waals surface area contributed by atoms with Gasteiger partial charge < -0.3 is 19.5 Å². The Morgan fingerprint density at radius 1 is 1.05 bits per heavy atom. The first-order chi connectivity index (χ1) is 18.8. The Balaban J connectivity index is 1.39. The highest BCUT2D eigenvalue weighted by molar-refractivity contribution is 9.10. The normalized spacial score (nSPS) is 16.3. The van der Waals surface area contributed by atoms with Gasteiger partial charge in [0.1, 0.15) is 28.0 Å². The van der Waals surface area contributed by atoms with E-state index < -0.39 is 10.0 Å². The lowest BCUT2D eigenvalue weighted by atomic mass is 10.00. The largest absolute Gasteiger partial charge is 0.497 e. The molecule has 1 saturated heterocycles. The first-order valence-corrected chi connectivity index (χ1v) is 14.7. The van der Waals surface area contributed by atoms with Crippen LogP contribution in [0, 0.1) is 5.92 Å². The van der Waals surface area contributed by atoms with Crippen LogP contribution in [-0.2, 0) is 10.0 Å². The number of aromatic nitrogens is 3. The van der Waals surface area contributed by atoms with Gasteiger partial charge in [-0.15, -0.1) is 0 Å². The number of ether oxygens (including phenoxy) is 3. The van der Waals surface area contributed by atoms with Gasteiger partial charge in [0.25, 0.3) is 0 Å². The van der Waals surface area contributed by atoms with Gasteiger partial charge in [0.15, 0.2) is 5.65 Å². The van der Waals surface area contributed by atoms with E-state index in [1.165, 1.54) is 24.6 Å². The number of hydrogen-bond acceptors (Lipinski definition) is 8. The molecule has 1 fully saturated rings. The fourth-order valence-electron chi connectivity index (χ4n) is 4.84. The zero-order chi connectivity index (χ0) is 27.6. The van der Waals surface area contributed by atoms with Crippen molar-refractivity contribution in [2.75, 3.05) is 46.3 Å². The summed E-state index contributed by atoms with van der Waals surface area (Å²) in [5.74, 6) is 2.31. The van der Waals surface area contributed by atoms with Crippen molar-refractivity contribution in [2.24, 2.45) is 5.92 Å². The molecule has 39 heavy (non-hydrogen) atoms. The van der Waals surface area contributed by atoms with E-state index in [1.54, 1.807) is 30.0 Å². The minimum absolute atomic E-state index is 0.0852. The van der Waals surface area contributed by atoms with Crippen molar-refractivity contribution in [1.82, 2.24) is 18.9 Å². The molecular formula is C27H30BrN5O5S. The lowest BCUT2D eigenvalue weighted by Gasteiger charge is -2.32. The molecular weight excluding hydrogens is 586 g/mol. The van der Waals surface area contributed by atoms with Crippen LogP contribution >= 0.6 is 15.9 Å². The topological polar surface area (TPSA) is 107 Å². The Hall–Kier alpha value is -3.35. The van der Waals surface area contributed by atoms with Crippen molar-refractivity contribution in [3.8, 4) is 28.5 Å². The van der Waals surface area contributed by atoms with E-state index in [-0.39, 0.29) is 10.8 Å². The van der Waals surface area contributed by atoms with Crippen molar-refractivity contribution in [1.29, 1.82) is 0 Å². The zero-order valence-electron chi connectivity index (χ0n) is 21.9. The molecule has 10 nitrogen and oxygen atoms in total. The van der Waals surface area contributed by atoms with Gasteiger partial charge in [0.2, 0.25) is 10.0 Å². The standard InChI is InChI=1S/C27H30BrN5O5S/c1-36-19-10-11-24(38-3)25(13-19)39(34,35)32-12-6-7-18(17-32)15-29-26-14-22(20-8-4-5-9-23(20)37-2)31-27-21(28)16-30-33(26)27/h4-5,8-11,13-14,16,18,29H,6-7,12,15,17H2,1-3H3. The van der Waals surface area contributed by atoms with Gasteiger partial charge in [-0.25, -0.2) is 13.4 Å². The van der Waals surface area contributed by atoms with E-state index in [0.717, 1.165) is 40.1 Å². The number of benzene rings is 2. The number of nitrogens with one attached hydrogen (secondary N) is 1. The van der Waals surface area contributed by atoms with Crippen molar-refractivity contribution in [3.63, 3.8) is 0 Å². The molecule has 1 aliphatic rings. The van der Waals surface area contributed by atoms with E-state index in [4.69, 9.17) is 19.2 Å². The molecule has 3 heterocycles. The van der Waals surface area contributed by atoms with Crippen LogP contribution in [0.5, 0.6) is 17.2 Å². The number of sulfonamides is 1. The van der Waals surface area contributed by atoms with Crippen LogP contribution in [-0.4, -0.2) is 68.3 Å². The molecule has 0 aliphatic carbocycles. The SMILES string of the molecule is COc1ccc(OC)c(S(=O)(=O)N2CCCC(CNc3cc(-c4ccccc4OC)nc4c(Br)cnn34)C2)c1. The van der Waals surface area contributed by atoms with Gasteiger partial charge in [-0.05, 0) is 59.0 Å². The lowest BCUT2D eigenvalue weighted by molar-refractivity contribution is 0.274. The van der Waals surface area contributed by atoms with Crippen molar-refractivity contribution in [2.45, 2.75) is 17.7 Å². The molecule has 0 amide bonds. The second-order valence-electron chi connectivity index (χ2n) is 9.22. The molecule has 4 aromatic rings. The Bertz CT molecular complexity index is 1590. The molecule has 0 radical (unpaired) electrons. The molecule has 5 rings (SSSR count). The third-order valence-corrected chi connectivity index (χ3v) is 9.30. The predicted molar refractivity (Wildman–Crippen MR) is 152 cm³/mol. The molecule has 12 heteroatoms. The summed E-state index contributed by atoms with van der Waals surface area (Å²) in [6.07, 6.45) is 3.35. The molecule has 2 aromatic carbocycles. The summed E-state index contributed by atoms with van der Waals surface area (Å²) in [6, 6.07) is 14.5. The number of piperidine rings is 1. The van der Waals surface area contributed by atoms with Crippen LogP contribution in [0.25, 0.3) is 16.9 Å². The maximum absolute atomic E-state index is 13.6. The molecule has 1 atom stereocenters. The second-order valence-corrected chi connectivity index (χ2v) is 12.0. The van der Waals surface area contributed by atoms with Crippen molar-refractivity contribution in [3.05, 3.63) is 59.2 Å². The maximum Gasteiger partial charge on any atom is 0.246 e. The van der Waals surface area contributed by atoms with Crippen LogP contribution < -0.4 is 19.5 Å². The molecule has 1 N–H and O–H groups in total. The third-order valence-electron chi connectivity index (χ3n) is 6.85. The number of methoxy groups -OCH3 is 3. The smallest absolute Gasteiger partial charge is 0.246 e. The van der Waals surface area contributed by atoms with E-state index in [0.29, 0.717) is 36.8 Å². The molecule has 206 valence electrons. The van der Waals surface area contributed by atoms with Crippen molar-refractivity contribution >= 4 is 37.4 Å². The summed E-state index contributed by atoms with van der Waals surface area (Å²) in [5, 5.41) is 7.97. The van der Waals surface area contributed by atoms with Crippen molar-refractivity contribution < 1.29 is 22.6 Å². The van der Waals surface area contributed by atoms with Gasteiger partial charge in [-0.1, -0.05) is 12.1 Å². The quantitative estimate of drug-likeness (QED) is 0.289. The Labute approximate surface area is 236 Å². The monoisotopic (exact) mass is 615 g/mol. The molecule has 0 spiro atoms. The summed E-state index contributed by atoms with van der Waals surface area (Å²) >= 11 is 3.55. The van der Waals surface area contributed by atoms with E-state index in [2.05, 4.69) is 26.3 Å². The summed E-state index contributed by atoms with van der Waals surface area (Å²) in [5.41, 5.74) is 2.27. The number of halogens is 1. The number of nitrogens with zero attached hydrogens (tertiary/aromatic N) is 4. The van der Waals surface area contributed by atoms with E-state index in [1.807, 2.05) is 30.3 Å². The van der Waals surface area contributed by atoms with Gasteiger partial charge >= 0.3 is 0 Å². The number of rotatable bonds is 9. The molecule has 2 aromatic heterocycles. The average molecular weight is 617 g/mol. The minimum Gasteiger partial charge on any atom is -0.497 e. The second kappa shape index (κ2) is 11.4. The third kappa shape index (κ3) is 5.41. The van der Waals surface area contributed by atoms with Crippen LogP contribution in [0.3, 0.4) is 0 Å². The van der Waals surface area contributed by atoms with Crippen LogP contribution in [0.4, 0.5) is 5.82 Å². The molecule has 0 saturated carbocycles. The highest BCUT2D eigenvalue weighted by atomic mass is 79.9. The first kappa shape index (κ1) is 27.2. The molecule has 1 aliphatic heterocycles. The average Bonchev–Trinajstić information content (AvgIpc) is 3.36. The highest BCUT2D eigenvalue weighted by Gasteiger charge is 2.33. The lowest BCUT2D eigenvalue weighted by Crippen LogP contribution is -2.42. The van der Waals surface area contributed by atoms with E-state index in [9.17, 15) is 8.42 Å². The Morgan fingerprint density at radius 2 is 1.85 bits per heavy atom. The van der Waals surface area contributed by atoms with Gasteiger partial charge in [-0.3, -0.25) is 0 Å². The zero-order valence-corrected chi connectivity index (χ0v) is 24.3.